The van der Waals surface area contributed by atoms with Crippen molar-refractivity contribution in [1.82, 2.24) is 9.97 Å². The van der Waals surface area contributed by atoms with Crippen molar-refractivity contribution in [1.29, 1.82) is 0 Å². The first-order valence-corrected chi connectivity index (χ1v) is 8.15. The van der Waals surface area contributed by atoms with Crippen LogP contribution in [0.2, 0.25) is 5.02 Å². The maximum Gasteiger partial charge on any atom is 0.168 e. The summed E-state index contributed by atoms with van der Waals surface area (Å²) in [5.41, 5.74) is 3.67. The van der Waals surface area contributed by atoms with E-state index in [4.69, 9.17) is 21.1 Å². The number of benzene rings is 2. The summed E-state index contributed by atoms with van der Waals surface area (Å²) >= 11 is 6.19. The highest BCUT2D eigenvalue weighted by Gasteiger charge is 2.26. The zero-order valence-electron chi connectivity index (χ0n) is 14.1. The number of halogens is 1. The van der Waals surface area contributed by atoms with Gasteiger partial charge in [-0.25, -0.2) is 9.97 Å². The normalized spacial score (nSPS) is 13.0. The molecule has 0 spiro atoms. The molecule has 1 aromatic heterocycles. The van der Waals surface area contributed by atoms with Crippen LogP contribution >= 0.6 is 11.6 Å². The highest BCUT2D eigenvalue weighted by atomic mass is 35.5. The fourth-order valence-corrected chi connectivity index (χ4v) is 3.43. The smallest absolute Gasteiger partial charge is 0.168 e. The van der Waals surface area contributed by atoms with E-state index in [2.05, 4.69) is 20.9 Å². The Hall–Kier alpha value is -2.79. The second-order valence-corrected chi connectivity index (χ2v) is 6.15. The fourth-order valence-electron chi connectivity index (χ4n) is 3.24. The average molecular weight is 354 g/mol. The summed E-state index contributed by atoms with van der Waals surface area (Å²) in [5, 5.41) is 1.60. The Morgan fingerprint density at radius 3 is 2.64 bits per heavy atom. The molecule has 5 nitrogen and oxygen atoms in total. The topological polar surface area (TPSA) is 47.5 Å². The predicted molar refractivity (Wildman–Crippen MR) is 99.9 cm³/mol. The second-order valence-electron chi connectivity index (χ2n) is 5.72. The van der Waals surface area contributed by atoms with Crippen molar-refractivity contribution in [2.75, 3.05) is 19.1 Å². The molecule has 6 heteroatoms. The summed E-state index contributed by atoms with van der Waals surface area (Å²) in [6.45, 7) is 2.02. The minimum atomic E-state index is 0.648. The molecule has 0 radical (unpaired) electrons. The summed E-state index contributed by atoms with van der Waals surface area (Å²) < 4.78 is 11.1. The van der Waals surface area contributed by atoms with Gasteiger partial charge in [-0.05, 0) is 31.2 Å². The molecule has 2 aromatic carbocycles. The third kappa shape index (κ3) is 2.39. The van der Waals surface area contributed by atoms with E-state index >= 15 is 0 Å². The number of hydrogen-bond acceptors (Lipinski definition) is 5. The molecule has 0 bridgehead atoms. The molecule has 0 N–H and O–H groups in total. The number of rotatable bonds is 3. The fraction of sp³-hybridized carbons (Fsp3) is 0.158. The quantitative estimate of drug-likeness (QED) is 0.676. The van der Waals surface area contributed by atoms with Gasteiger partial charge in [0.2, 0.25) is 0 Å². The van der Waals surface area contributed by atoms with Crippen LogP contribution in [0.25, 0.3) is 17.0 Å². The van der Waals surface area contributed by atoms with Crippen molar-refractivity contribution in [2.24, 2.45) is 0 Å². The summed E-state index contributed by atoms with van der Waals surface area (Å²) in [6, 6.07) is 9.56. The van der Waals surface area contributed by atoms with Crippen LogP contribution in [0, 0.1) is 0 Å². The monoisotopic (exact) mass is 353 g/mol. The van der Waals surface area contributed by atoms with Crippen molar-refractivity contribution >= 4 is 40.1 Å². The van der Waals surface area contributed by atoms with Gasteiger partial charge in [0.05, 0.1) is 25.1 Å². The van der Waals surface area contributed by atoms with Gasteiger partial charge in [-0.1, -0.05) is 17.7 Å². The lowest BCUT2D eigenvalue weighted by molar-refractivity contribution is 0.355. The van der Waals surface area contributed by atoms with Gasteiger partial charge in [0, 0.05) is 28.0 Å². The molecule has 126 valence electrons. The summed E-state index contributed by atoms with van der Waals surface area (Å²) in [7, 11) is 3.26. The Kier molecular flexibility index (Phi) is 3.73. The number of methoxy groups -OCH3 is 2. The van der Waals surface area contributed by atoms with E-state index in [1.54, 1.807) is 20.5 Å². The SMILES string of the molecule is COc1cc2ncnc3c2c(c1OC)C=C(C)N3c1cccc(Cl)c1. The number of aromatic nitrogens is 2. The molecule has 4 rings (SSSR count). The van der Waals surface area contributed by atoms with Gasteiger partial charge in [-0.3, -0.25) is 4.90 Å². The van der Waals surface area contributed by atoms with Gasteiger partial charge in [0.25, 0.3) is 0 Å². The molecular weight excluding hydrogens is 338 g/mol. The van der Waals surface area contributed by atoms with E-state index in [1.807, 2.05) is 37.3 Å². The zero-order valence-corrected chi connectivity index (χ0v) is 14.8. The molecule has 3 aromatic rings. The largest absolute Gasteiger partial charge is 0.493 e. The van der Waals surface area contributed by atoms with Crippen molar-refractivity contribution in [3.8, 4) is 11.5 Å². The zero-order chi connectivity index (χ0) is 17.6. The van der Waals surface area contributed by atoms with Crippen LogP contribution in [0.5, 0.6) is 11.5 Å². The molecule has 0 saturated carbocycles. The highest BCUT2D eigenvalue weighted by molar-refractivity contribution is 6.30. The number of anilines is 2. The van der Waals surface area contributed by atoms with Crippen molar-refractivity contribution in [3.63, 3.8) is 0 Å². The van der Waals surface area contributed by atoms with Crippen LogP contribution < -0.4 is 14.4 Å². The van der Waals surface area contributed by atoms with E-state index in [-0.39, 0.29) is 0 Å². The van der Waals surface area contributed by atoms with Crippen molar-refractivity contribution in [3.05, 3.63) is 52.9 Å². The molecule has 0 unspecified atom stereocenters. The van der Waals surface area contributed by atoms with Crippen LogP contribution in [0.3, 0.4) is 0 Å². The van der Waals surface area contributed by atoms with Crippen LogP contribution in [0.4, 0.5) is 11.5 Å². The average Bonchev–Trinajstić information content (AvgIpc) is 2.61. The predicted octanol–water partition coefficient (Wildman–Crippen LogP) is 4.81. The van der Waals surface area contributed by atoms with E-state index < -0.39 is 0 Å². The summed E-state index contributed by atoms with van der Waals surface area (Å²) in [5.74, 6) is 2.12. The van der Waals surface area contributed by atoms with E-state index in [1.165, 1.54) is 0 Å². The van der Waals surface area contributed by atoms with Gasteiger partial charge < -0.3 is 9.47 Å². The Labute approximate surface area is 150 Å². The third-order valence-electron chi connectivity index (χ3n) is 4.27. The van der Waals surface area contributed by atoms with E-state index in [0.29, 0.717) is 16.5 Å². The highest BCUT2D eigenvalue weighted by Crippen LogP contribution is 2.46. The Morgan fingerprint density at radius 2 is 1.92 bits per heavy atom. The van der Waals surface area contributed by atoms with Gasteiger partial charge in [-0.15, -0.1) is 0 Å². The standard InChI is InChI=1S/C19H16ClN3O2/c1-11-7-14-17-15(9-16(24-2)18(14)25-3)21-10-22-19(17)23(11)13-6-4-5-12(20)8-13/h4-10H,1-3H3. The molecular formula is C19H16ClN3O2. The summed E-state index contributed by atoms with van der Waals surface area (Å²) in [6.07, 6.45) is 3.62. The van der Waals surface area contributed by atoms with Gasteiger partial charge >= 0.3 is 0 Å². The Balaban J connectivity index is 2.05. The lowest BCUT2D eigenvalue weighted by Gasteiger charge is -2.30. The minimum Gasteiger partial charge on any atom is -0.493 e. The number of allylic oxidation sites excluding steroid dienone is 1. The molecule has 2 heterocycles. The molecule has 0 saturated heterocycles. The second kappa shape index (κ2) is 5.93. The first-order chi connectivity index (χ1) is 12.1. The van der Waals surface area contributed by atoms with Gasteiger partial charge in [-0.2, -0.15) is 0 Å². The number of hydrogen-bond donors (Lipinski definition) is 0. The number of ether oxygens (including phenoxy) is 2. The van der Waals surface area contributed by atoms with Gasteiger partial charge in [0.1, 0.15) is 12.1 Å². The van der Waals surface area contributed by atoms with Crippen LogP contribution in [0.15, 0.2) is 42.4 Å². The lowest BCUT2D eigenvalue weighted by Crippen LogP contribution is -2.19. The summed E-state index contributed by atoms with van der Waals surface area (Å²) in [4.78, 5) is 11.0. The molecule has 0 atom stereocenters. The van der Waals surface area contributed by atoms with E-state index in [9.17, 15) is 0 Å². The molecule has 0 aliphatic carbocycles. The number of nitrogens with zero attached hydrogens (tertiary/aromatic N) is 3. The van der Waals surface area contributed by atoms with E-state index in [0.717, 1.165) is 33.7 Å². The molecule has 1 aliphatic rings. The van der Waals surface area contributed by atoms with Crippen molar-refractivity contribution < 1.29 is 9.47 Å². The molecule has 0 fully saturated rings. The Bertz CT molecular complexity index is 1020. The molecule has 1 aliphatic heterocycles. The molecule has 25 heavy (non-hydrogen) atoms. The van der Waals surface area contributed by atoms with Crippen LogP contribution in [-0.4, -0.2) is 24.2 Å². The maximum atomic E-state index is 6.19. The van der Waals surface area contributed by atoms with Gasteiger partial charge in [0.15, 0.2) is 11.5 Å². The first kappa shape index (κ1) is 15.7. The minimum absolute atomic E-state index is 0.648. The van der Waals surface area contributed by atoms with Crippen LogP contribution in [-0.2, 0) is 0 Å². The maximum absolute atomic E-state index is 6.19. The first-order valence-electron chi connectivity index (χ1n) is 7.77. The third-order valence-corrected chi connectivity index (χ3v) is 4.51. The lowest BCUT2D eigenvalue weighted by atomic mass is 10.0. The van der Waals surface area contributed by atoms with Crippen LogP contribution in [0.1, 0.15) is 12.5 Å². The Morgan fingerprint density at radius 1 is 1.08 bits per heavy atom. The molecule has 0 amide bonds. The van der Waals surface area contributed by atoms with Crippen molar-refractivity contribution in [2.45, 2.75) is 6.92 Å².